The Morgan fingerprint density at radius 1 is 1.33 bits per heavy atom. The third-order valence-electron chi connectivity index (χ3n) is 5.31. The summed E-state index contributed by atoms with van der Waals surface area (Å²) in [7, 11) is -3.42. The molecule has 1 aromatic carbocycles. The molecule has 1 aromatic rings. The number of hydrogen-bond donors (Lipinski definition) is 2. The van der Waals surface area contributed by atoms with Gasteiger partial charge in [-0.15, -0.1) is 16.1 Å². The second kappa shape index (κ2) is 8.73. The molecular formula is C22H33FN2O3S2. The van der Waals surface area contributed by atoms with E-state index in [4.69, 9.17) is 5.14 Å². The monoisotopic (exact) mass is 456 g/mol. The highest BCUT2D eigenvalue weighted by molar-refractivity contribution is 8.17. The molecule has 2 unspecified atom stereocenters. The lowest BCUT2D eigenvalue weighted by Gasteiger charge is -2.27. The number of allylic oxidation sites excluding steroid dienone is 1. The standard InChI is InChI=1S/C22H33FN2O3S2/c1-13(2)15-8-9-17(23)20(14(3)4)16(15)12-19(26)25-30(24,28)22(7)11-10-18(29-22)21(5,6)27/h8-10,13-14,27H,11-12H2,1-7H3,(H2,24,25,26,28). The van der Waals surface area contributed by atoms with Crippen molar-refractivity contribution in [1.29, 1.82) is 0 Å². The van der Waals surface area contributed by atoms with Crippen LogP contribution >= 0.6 is 11.8 Å². The predicted octanol–water partition coefficient (Wildman–Crippen LogP) is 4.99. The Hall–Kier alpha value is -1.22. The van der Waals surface area contributed by atoms with Crippen LogP contribution in [0.1, 0.15) is 83.4 Å². The van der Waals surface area contributed by atoms with Crippen LogP contribution < -0.4 is 5.14 Å². The molecule has 2 rings (SSSR count). The summed E-state index contributed by atoms with van der Waals surface area (Å²) in [5.41, 5.74) is 0.880. The highest BCUT2D eigenvalue weighted by atomic mass is 32.3. The molecule has 0 fully saturated rings. The zero-order valence-electron chi connectivity index (χ0n) is 18.8. The zero-order valence-corrected chi connectivity index (χ0v) is 20.4. The van der Waals surface area contributed by atoms with Crippen LogP contribution in [0.25, 0.3) is 0 Å². The highest BCUT2D eigenvalue weighted by Gasteiger charge is 2.43. The fourth-order valence-corrected chi connectivity index (χ4v) is 6.38. The number of carbonyl (C=O) groups is 1. The van der Waals surface area contributed by atoms with Gasteiger partial charge >= 0.3 is 0 Å². The molecule has 0 bridgehead atoms. The first kappa shape index (κ1) is 25.0. The van der Waals surface area contributed by atoms with E-state index in [1.165, 1.54) is 17.8 Å². The Bertz CT molecular complexity index is 987. The summed E-state index contributed by atoms with van der Waals surface area (Å²) in [4.78, 5) is 13.5. The average molecular weight is 457 g/mol. The summed E-state index contributed by atoms with van der Waals surface area (Å²) in [6.45, 7) is 12.7. The van der Waals surface area contributed by atoms with Gasteiger partial charge in [0.05, 0.1) is 12.0 Å². The van der Waals surface area contributed by atoms with Crippen LogP contribution in [-0.4, -0.2) is 24.9 Å². The molecule has 0 aromatic heterocycles. The van der Waals surface area contributed by atoms with Gasteiger partial charge in [-0.1, -0.05) is 39.8 Å². The SMILES string of the molecule is CC(C)c1ccc(F)c(C(C)C)c1CC(=O)N=S(N)(=O)C1(C)CC=C(C(C)(C)O)S1. The van der Waals surface area contributed by atoms with E-state index in [0.717, 1.165) is 5.56 Å². The van der Waals surface area contributed by atoms with Gasteiger partial charge in [0.1, 0.15) is 19.8 Å². The maximum atomic E-state index is 14.5. The van der Waals surface area contributed by atoms with Gasteiger partial charge < -0.3 is 5.11 Å². The lowest BCUT2D eigenvalue weighted by Crippen LogP contribution is -2.37. The third-order valence-corrected chi connectivity index (χ3v) is 9.64. The summed E-state index contributed by atoms with van der Waals surface area (Å²) in [6, 6.07) is 3.13. The number of carbonyl (C=O) groups excluding carboxylic acids is 1. The van der Waals surface area contributed by atoms with E-state index >= 15 is 0 Å². The van der Waals surface area contributed by atoms with Crippen molar-refractivity contribution in [1.82, 2.24) is 0 Å². The molecule has 1 amide bonds. The number of halogens is 1. The Balaban J connectivity index is 2.41. The molecule has 3 N–H and O–H groups in total. The molecule has 1 heterocycles. The molecule has 0 saturated carbocycles. The van der Waals surface area contributed by atoms with Gasteiger partial charge in [-0.05, 0) is 61.8 Å². The van der Waals surface area contributed by atoms with Crippen molar-refractivity contribution in [2.45, 2.75) is 82.8 Å². The quantitative estimate of drug-likeness (QED) is 0.630. The first-order valence-corrected chi connectivity index (χ1v) is 12.5. The average Bonchev–Trinajstić information content (AvgIpc) is 2.98. The molecule has 30 heavy (non-hydrogen) atoms. The summed E-state index contributed by atoms with van der Waals surface area (Å²) >= 11 is 1.20. The van der Waals surface area contributed by atoms with Crippen molar-refractivity contribution >= 4 is 27.6 Å². The van der Waals surface area contributed by atoms with Gasteiger partial charge in [0.25, 0.3) is 5.91 Å². The van der Waals surface area contributed by atoms with E-state index in [2.05, 4.69) is 4.36 Å². The number of aliphatic hydroxyl groups is 1. The van der Waals surface area contributed by atoms with E-state index < -0.39 is 25.5 Å². The largest absolute Gasteiger partial charge is 0.385 e. The van der Waals surface area contributed by atoms with Crippen LogP contribution in [0.15, 0.2) is 27.5 Å². The van der Waals surface area contributed by atoms with Crippen molar-refractivity contribution in [2.75, 3.05) is 0 Å². The van der Waals surface area contributed by atoms with Crippen molar-refractivity contribution in [2.24, 2.45) is 9.50 Å². The summed E-state index contributed by atoms with van der Waals surface area (Å²) in [5, 5.41) is 16.3. The summed E-state index contributed by atoms with van der Waals surface area (Å²) in [6.07, 6.45) is 1.97. The Labute approximate surface area is 184 Å². The molecule has 1 aliphatic rings. The number of nitrogens with two attached hydrogens (primary N) is 1. The van der Waals surface area contributed by atoms with Crippen LogP contribution in [-0.2, 0) is 21.1 Å². The van der Waals surface area contributed by atoms with Crippen LogP contribution in [0, 0.1) is 5.82 Å². The fourth-order valence-electron chi connectivity index (χ4n) is 3.59. The van der Waals surface area contributed by atoms with Crippen LogP contribution in [0.5, 0.6) is 0 Å². The number of hydrogen-bond acceptors (Lipinski definition) is 4. The molecule has 2 atom stereocenters. The van der Waals surface area contributed by atoms with E-state index in [-0.39, 0.29) is 24.1 Å². The summed E-state index contributed by atoms with van der Waals surface area (Å²) in [5.74, 6) is -1.01. The van der Waals surface area contributed by atoms with E-state index in [9.17, 15) is 18.5 Å². The molecule has 0 aliphatic carbocycles. The molecule has 0 radical (unpaired) electrons. The molecule has 0 saturated heterocycles. The molecule has 168 valence electrons. The Morgan fingerprint density at radius 3 is 2.40 bits per heavy atom. The number of thioether (sulfide) groups is 1. The fraction of sp³-hybridized carbons (Fsp3) is 0.591. The Kier molecular flexibility index (Phi) is 7.29. The van der Waals surface area contributed by atoms with E-state index in [0.29, 0.717) is 22.5 Å². The highest BCUT2D eigenvalue weighted by Crippen LogP contribution is 2.49. The lowest BCUT2D eigenvalue weighted by atomic mass is 9.86. The smallest absolute Gasteiger partial charge is 0.259 e. The number of nitrogens with zero attached hydrogens (tertiary/aromatic N) is 1. The van der Waals surface area contributed by atoms with Gasteiger partial charge in [0, 0.05) is 4.91 Å². The van der Waals surface area contributed by atoms with E-state index in [1.54, 1.807) is 32.9 Å². The minimum atomic E-state index is -3.42. The second-order valence-electron chi connectivity index (χ2n) is 9.14. The van der Waals surface area contributed by atoms with Crippen LogP contribution in [0.2, 0.25) is 0 Å². The second-order valence-corrected chi connectivity index (χ2v) is 13.2. The van der Waals surface area contributed by atoms with Crippen LogP contribution in [0.3, 0.4) is 0 Å². The Morgan fingerprint density at radius 2 is 1.93 bits per heavy atom. The first-order chi connectivity index (χ1) is 13.6. The molecule has 8 heteroatoms. The predicted molar refractivity (Wildman–Crippen MR) is 123 cm³/mol. The van der Waals surface area contributed by atoms with E-state index in [1.807, 2.05) is 27.7 Å². The molecule has 0 spiro atoms. The summed E-state index contributed by atoms with van der Waals surface area (Å²) < 4.78 is 30.7. The normalized spacial score (nSPS) is 21.7. The minimum Gasteiger partial charge on any atom is -0.385 e. The van der Waals surface area contributed by atoms with Gasteiger partial charge in [-0.3, -0.25) is 4.79 Å². The maximum Gasteiger partial charge on any atom is 0.259 e. The molecular weight excluding hydrogens is 423 g/mol. The van der Waals surface area contributed by atoms with Gasteiger partial charge in [-0.2, -0.15) is 0 Å². The maximum absolute atomic E-state index is 14.5. The van der Waals surface area contributed by atoms with Crippen molar-refractivity contribution in [3.05, 3.63) is 45.6 Å². The lowest BCUT2D eigenvalue weighted by molar-refractivity contribution is -0.117. The number of benzene rings is 1. The zero-order chi connectivity index (χ0) is 23.1. The minimum absolute atomic E-state index is 0.0922. The van der Waals surface area contributed by atoms with Crippen LogP contribution in [0.4, 0.5) is 4.39 Å². The molecule has 5 nitrogen and oxygen atoms in total. The first-order valence-electron chi connectivity index (χ1n) is 10.1. The van der Waals surface area contributed by atoms with Gasteiger partial charge in [0.15, 0.2) is 0 Å². The van der Waals surface area contributed by atoms with Crippen molar-refractivity contribution in [3.63, 3.8) is 0 Å². The molecule has 1 aliphatic heterocycles. The van der Waals surface area contributed by atoms with Gasteiger partial charge in [0.2, 0.25) is 0 Å². The topological polar surface area (TPSA) is 92.8 Å². The number of rotatable bonds is 6. The van der Waals surface area contributed by atoms with Gasteiger partial charge in [-0.25, -0.2) is 13.7 Å². The third kappa shape index (κ3) is 5.15. The number of amides is 1. The van der Waals surface area contributed by atoms with Crippen molar-refractivity contribution in [3.8, 4) is 0 Å². The van der Waals surface area contributed by atoms with Crippen molar-refractivity contribution < 1.29 is 18.5 Å².